The quantitative estimate of drug-likeness (QED) is 0.146. The molecule has 4 aromatic rings. The molecular weight excluding hydrogens is 568 g/mol. The summed E-state index contributed by atoms with van der Waals surface area (Å²) < 4.78 is 26.6. The summed E-state index contributed by atoms with van der Waals surface area (Å²) in [5.41, 5.74) is 4.88. The Labute approximate surface area is 248 Å². The number of aliphatic hydroxyl groups is 2. The van der Waals surface area contributed by atoms with E-state index in [1.54, 1.807) is 31.4 Å². The molecule has 0 aliphatic carbocycles. The molecule has 0 saturated heterocycles. The van der Waals surface area contributed by atoms with Crippen LogP contribution >= 0.6 is 23.2 Å². The Balaban J connectivity index is 1.73. The Morgan fingerprint density at radius 3 is 1.83 bits per heavy atom. The van der Waals surface area contributed by atoms with Gasteiger partial charge in [-0.25, -0.2) is 9.37 Å². The molecule has 7 nitrogen and oxygen atoms in total. The normalized spacial score (nSPS) is 11.1. The van der Waals surface area contributed by atoms with E-state index in [0.29, 0.717) is 81.2 Å². The molecule has 0 unspecified atom stereocenters. The lowest BCUT2D eigenvalue weighted by atomic mass is 9.95. The number of hydrogen-bond donors (Lipinski definition) is 4. The molecule has 4 N–H and O–H groups in total. The van der Waals surface area contributed by atoms with Gasteiger partial charge in [-0.1, -0.05) is 77.8 Å². The Morgan fingerprint density at radius 1 is 0.707 bits per heavy atom. The second-order valence-electron chi connectivity index (χ2n) is 9.12. The lowest BCUT2D eigenvalue weighted by Crippen LogP contribution is -2.18. The van der Waals surface area contributed by atoms with E-state index in [0.717, 1.165) is 5.56 Å². The summed E-state index contributed by atoms with van der Waals surface area (Å²) in [6.07, 6.45) is 0. The van der Waals surface area contributed by atoms with E-state index in [4.69, 9.17) is 42.9 Å². The van der Waals surface area contributed by atoms with E-state index in [-0.39, 0.29) is 19.0 Å². The summed E-state index contributed by atoms with van der Waals surface area (Å²) >= 11 is 13.9. The van der Waals surface area contributed by atoms with Crippen molar-refractivity contribution < 1.29 is 24.1 Å². The molecule has 0 bridgehead atoms. The minimum absolute atomic E-state index is 0.0210. The first-order valence-corrected chi connectivity index (χ1v) is 13.8. The summed E-state index contributed by atoms with van der Waals surface area (Å²) in [5, 5.41) is 25.0. The fourth-order valence-electron chi connectivity index (χ4n) is 4.58. The van der Waals surface area contributed by atoms with E-state index in [2.05, 4.69) is 15.6 Å². The van der Waals surface area contributed by atoms with Gasteiger partial charge < -0.3 is 30.3 Å². The van der Waals surface area contributed by atoms with Crippen molar-refractivity contribution in [3.8, 4) is 45.1 Å². The first kappa shape index (κ1) is 30.7. The minimum Gasteiger partial charge on any atom is -0.493 e. The molecule has 0 fully saturated rings. The first-order valence-electron chi connectivity index (χ1n) is 13.1. The van der Waals surface area contributed by atoms with E-state index in [1.807, 2.05) is 36.4 Å². The van der Waals surface area contributed by atoms with Crippen molar-refractivity contribution in [1.29, 1.82) is 0 Å². The summed E-state index contributed by atoms with van der Waals surface area (Å²) in [7, 11) is 2.97. The molecule has 0 aliphatic heterocycles. The fraction of sp³-hybridized carbons (Fsp3) is 0.258. The molecule has 0 spiro atoms. The number of halogens is 3. The number of nitrogens with one attached hydrogen (secondary N) is 2. The monoisotopic (exact) mass is 599 g/mol. The van der Waals surface area contributed by atoms with Crippen LogP contribution in [0.25, 0.3) is 33.5 Å². The summed E-state index contributed by atoms with van der Waals surface area (Å²) in [4.78, 5) is 4.66. The Morgan fingerprint density at radius 2 is 1.24 bits per heavy atom. The third kappa shape index (κ3) is 6.81. The Hall–Kier alpha value is -3.24. The van der Waals surface area contributed by atoms with Crippen molar-refractivity contribution >= 4 is 23.2 Å². The van der Waals surface area contributed by atoms with Gasteiger partial charge in [0.25, 0.3) is 0 Å². The van der Waals surface area contributed by atoms with Gasteiger partial charge in [0.05, 0.1) is 43.2 Å². The molecule has 4 rings (SSSR count). The van der Waals surface area contributed by atoms with Gasteiger partial charge >= 0.3 is 0 Å². The number of hydrogen-bond acceptors (Lipinski definition) is 7. The van der Waals surface area contributed by atoms with E-state index < -0.39 is 5.82 Å². The van der Waals surface area contributed by atoms with Gasteiger partial charge in [0.2, 0.25) is 5.88 Å². The van der Waals surface area contributed by atoms with Gasteiger partial charge in [0, 0.05) is 65.1 Å². The highest BCUT2D eigenvalue weighted by atomic mass is 35.5. The first-order chi connectivity index (χ1) is 19.9. The van der Waals surface area contributed by atoms with E-state index >= 15 is 4.39 Å². The number of benzene rings is 3. The van der Waals surface area contributed by atoms with Crippen LogP contribution in [0.4, 0.5) is 4.39 Å². The number of rotatable bonds is 13. The number of pyridine rings is 1. The van der Waals surface area contributed by atoms with Gasteiger partial charge in [-0.2, -0.15) is 0 Å². The highest BCUT2D eigenvalue weighted by molar-refractivity contribution is 6.39. The Bertz CT molecular complexity index is 1500. The minimum atomic E-state index is -0.528. The summed E-state index contributed by atoms with van der Waals surface area (Å²) in [6.45, 7) is 1.70. The van der Waals surface area contributed by atoms with Crippen molar-refractivity contribution in [2.75, 3.05) is 40.5 Å². The van der Waals surface area contributed by atoms with Gasteiger partial charge in [-0.15, -0.1) is 0 Å². The largest absolute Gasteiger partial charge is 0.493 e. The van der Waals surface area contributed by atoms with Crippen LogP contribution in [0.15, 0.2) is 60.7 Å². The Kier molecular flexibility index (Phi) is 10.9. The zero-order chi connectivity index (χ0) is 29.4. The van der Waals surface area contributed by atoms with Gasteiger partial charge in [0.1, 0.15) is 0 Å². The van der Waals surface area contributed by atoms with Crippen LogP contribution in [0.2, 0.25) is 10.0 Å². The lowest BCUT2D eigenvalue weighted by Gasteiger charge is -2.17. The molecule has 3 aromatic carbocycles. The maximum Gasteiger partial charge on any atom is 0.218 e. The van der Waals surface area contributed by atoms with Crippen molar-refractivity contribution in [1.82, 2.24) is 15.6 Å². The second-order valence-corrected chi connectivity index (χ2v) is 9.88. The second kappa shape index (κ2) is 14.6. The molecule has 0 amide bonds. The maximum atomic E-state index is 15.7. The topological polar surface area (TPSA) is 95.9 Å². The molecule has 10 heteroatoms. The molecule has 1 heterocycles. The predicted octanol–water partition coefficient (Wildman–Crippen LogP) is 5.71. The molecule has 41 heavy (non-hydrogen) atoms. The summed E-state index contributed by atoms with van der Waals surface area (Å²) in [6, 6.07) is 18.2. The number of methoxy groups -OCH3 is 2. The van der Waals surface area contributed by atoms with Crippen LogP contribution in [0.3, 0.4) is 0 Å². The zero-order valence-electron chi connectivity index (χ0n) is 22.8. The van der Waals surface area contributed by atoms with Gasteiger partial charge in [0.15, 0.2) is 11.6 Å². The SMILES string of the molecule is COc1nc(-c2cccc(-c3cccc(-c4ccc(CNCCO)c(OC)c4F)c3Cl)c2Cl)ccc1CNCCO. The van der Waals surface area contributed by atoms with Crippen molar-refractivity contribution in [3.05, 3.63) is 87.7 Å². The third-order valence-electron chi connectivity index (χ3n) is 6.58. The molecule has 0 atom stereocenters. The van der Waals surface area contributed by atoms with Crippen molar-refractivity contribution in [2.45, 2.75) is 13.1 Å². The van der Waals surface area contributed by atoms with Gasteiger partial charge in [-0.3, -0.25) is 0 Å². The van der Waals surface area contributed by atoms with Crippen LogP contribution in [-0.4, -0.2) is 55.7 Å². The summed E-state index contributed by atoms with van der Waals surface area (Å²) in [5.74, 6) is 0.0397. The third-order valence-corrected chi connectivity index (χ3v) is 7.39. The molecule has 0 saturated carbocycles. The van der Waals surface area contributed by atoms with Gasteiger partial charge in [-0.05, 0) is 6.07 Å². The highest BCUT2D eigenvalue weighted by Gasteiger charge is 2.21. The average molecular weight is 601 g/mol. The van der Waals surface area contributed by atoms with Crippen LogP contribution in [0, 0.1) is 5.82 Å². The number of nitrogens with zero attached hydrogens (tertiary/aromatic N) is 1. The van der Waals surface area contributed by atoms with Crippen molar-refractivity contribution in [3.63, 3.8) is 0 Å². The van der Waals surface area contributed by atoms with Crippen LogP contribution in [0.5, 0.6) is 11.6 Å². The van der Waals surface area contributed by atoms with Crippen LogP contribution < -0.4 is 20.1 Å². The maximum absolute atomic E-state index is 15.7. The number of aliphatic hydroxyl groups excluding tert-OH is 2. The number of aromatic nitrogens is 1. The number of ether oxygens (including phenoxy) is 2. The van der Waals surface area contributed by atoms with Crippen LogP contribution in [0.1, 0.15) is 11.1 Å². The molecule has 0 aliphatic rings. The van der Waals surface area contributed by atoms with Crippen molar-refractivity contribution in [2.24, 2.45) is 0 Å². The molecule has 1 aromatic heterocycles. The average Bonchev–Trinajstić information content (AvgIpc) is 2.98. The standard InChI is InChI=1S/C31H32Cl2FN3O4/c1-40-30-19(17-35-13-15-38)9-11-24(29(30)34)23-7-3-5-21(27(23)32)22-6-4-8-25(28(22)33)26-12-10-20(18-36-14-16-39)31(37-26)41-2/h3-12,35-36,38-39H,13-18H2,1-2H3. The van der Waals surface area contributed by atoms with Crippen LogP contribution in [-0.2, 0) is 13.1 Å². The molecule has 0 radical (unpaired) electrons. The van der Waals surface area contributed by atoms with E-state index in [9.17, 15) is 0 Å². The zero-order valence-corrected chi connectivity index (χ0v) is 24.3. The highest BCUT2D eigenvalue weighted by Crippen LogP contribution is 2.44. The lowest BCUT2D eigenvalue weighted by molar-refractivity contribution is 0.291. The predicted molar refractivity (Wildman–Crippen MR) is 161 cm³/mol. The molecule has 216 valence electrons. The fourth-order valence-corrected chi connectivity index (χ4v) is 5.24. The smallest absolute Gasteiger partial charge is 0.218 e. The molecular formula is C31H32Cl2FN3O4. The van der Waals surface area contributed by atoms with E-state index in [1.165, 1.54) is 7.11 Å².